The second kappa shape index (κ2) is 29.2. The van der Waals surface area contributed by atoms with Crippen LogP contribution in [0.5, 0.6) is 0 Å². The van der Waals surface area contributed by atoms with Gasteiger partial charge >= 0.3 is 12.1 Å². The number of amides is 6. The number of aromatic nitrogens is 4. The molecule has 0 aliphatic carbocycles. The number of carbonyl (C=O) groups excluding carboxylic acids is 6. The van der Waals surface area contributed by atoms with Gasteiger partial charge in [-0.25, -0.2) is 19.6 Å². The molecule has 4 aromatic carbocycles. The highest BCUT2D eigenvalue weighted by atomic mass is 16.6. The number of aryl methyl sites for hydroxylation is 4. The van der Waals surface area contributed by atoms with Crippen LogP contribution in [0.3, 0.4) is 0 Å². The van der Waals surface area contributed by atoms with E-state index in [9.17, 15) is 43.2 Å². The summed E-state index contributed by atoms with van der Waals surface area (Å²) < 4.78 is 8.85. The van der Waals surface area contributed by atoms with Crippen molar-refractivity contribution in [2.75, 3.05) is 54.9 Å². The number of carboxylic acid groups (broad SMARTS) is 1. The first-order valence-electron chi connectivity index (χ1n) is 30.0. The number of ether oxygens (including phenoxy) is 1. The Labute approximate surface area is 525 Å². The fourth-order valence-electron chi connectivity index (χ4n) is 10.6. The average molecular weight is 1240 g/mol. The van der Waals surface area contributed by atoms with Crippen molar-refractivity contribution in [2.45, 2.75) is 92.8 Å². The molecule has 23 nitrogen and oxygen atoms in total. The number of piperidine rings is 2. The maximum Gasteiger partial charge on any atom is 0.410 e. The number of aromatic carboxylic acids is 1. The molecule has 2 saturated heterocycles. The van der Waals surface area contributed by atoms with Gasteiger partial charge in [0.05, 0.1) is 10.8 Å². The predicted molar refractivity (Wildman–Crippen MR) is 351 cm³/mol. The molecule has 91 heavy (non-hydrogen) atoms. The zero-order chi connectivity index (χ0) is 65.8. The summed E-state index contributed by atoms with van der Waals surface area (Å²) in [6.45, 7) is 16.6. The van der Waals surface area contributed by atoms with Gasteiger partial charge in [0.15, 0.2) is 0 Å². The fourth-order valence-corrected chi connectivity index (χ4v) is 10.6. The number of nitrogen functional groups attached to an aromatic ring is 1. The molecule has 6 heterocycles. The molecule has 0 radical (unpaired) electrons. The Morgan fingerprint density at radius 3 is 1.65 bits per heavy atom. The van der Waals surface area contributed by atoms with Gasteiger partial charge in [-0.3, -0.25) is 33.6 Å². The van der Waals surface area contributed by atoms with Crippen LogP contribution in [0.2, 0.25) is 0 Å². The number of carbonyl (C=O) groups is 7. The second-order valence-corrected chi connectivity index (χ2v) is 23.1. The van der Waals surface area contributed by atoms with Gasteiger partial charge in [-0.1, -0.05) is 36.4 Å². The number of anilines is 4. The number of primary amides is 1. The van der Waals surface area contributed by atoms with E-state index < -0.39 is 34.2 Å². The van der Waals surface area contributed by atoms with E-state index in [1.807, 2.05) is 84.9 Å². The van der Waals surface area contributed by atoms with E-state index in [0.717, 1.165) is 48.4 Å². The Hall–Kier alpha value is -10.6. The van der Waals surface area contributed by atoms with E-state index in [1.54, 1.807) is 87.8 Å². The van der Waals surface area contributed by atoms with Crippen LogP contribution < -0.4 is 48.9 Å². The smallest absolute Gasteiger partial charge is 0.410 e. The maximum absolute atomic E-state index is 13.5. The minimum atomic E-state index is -1.21. The first-order chi connectivity index (χ1) is 43.4. The van der Waals surface area contributed by atoms with Crippen molar-refractivity contribution in [3.05, 3.63) is 176 Å². The molecule has 0 saturated carbocycles. The number of nitrogens with one attached hydrogen (secondary N) is 5. The van der Waals surface area contributed by atoms with Crippen molar-refractivity contribution in [1.29, 1.82) is 0 Å². The van der Waals surface area contributed by atoms with Crippen molar-refractivity contribution < 1.29 is 43.4 Å². The molecule has 6 amide bonds. The molecular weight excluding hydrogens is 1160 g/mol. The molecule has 2 aliphatic heterocycles. The molecule has 0 unspecified atom stereocenters. The number of benzene rings is 4. The fraction of sp³-hybridized carbons (Fsp3) is 0.309. The summed E-state index contributed by atoms with van der Waals surface area (Å²) in [5, 5.41) is 24.3. The van der Waals surface area contributed by atoms with Gasteiger partial charge < -0.3 is 61.9 Å². The molecule has 2 aliphatic rings. The number of nitrogens with zero attached hydrogens (tertiary/aromatic N) is 5. The monoisotopic (exact) mass is 1240 g/mol. The highest BCUT2D eigenvalue weighted by Gasteiger charge is 2.31. The molecular formula is C68H76N12O11. The lowest BCUT2D eigenvalue weighted by Crippen LogP contribution is -2.43. The van der Waals surface area contributed by atoms with E-state index in [4.69, 9.17) is 21.3 Å². The summed E-state index contributed by atoms with van der Waals surface area (Å²) in [5.41, 5.74) is 18.2. The molecule has 0 spiro atoms. The lowest BCUT2D eigenvalue weighted by Gasteiger charge is -2.32. The number of fused-ring (bicyclic) bond motifs is 2. The van der Waals surface area contributed by atoms with Crippen molar-refractivity contribution >= 4 is 86.4 Å². The van der Waals surface area contributed by atoms with Gasteiger partial charge in [0.25, 0.3) is 11.8 Å². The standard InChI is InChI=1S/C31H32N6O4.C25H32N4O4.C12H12N2O3/c1-3-37-17-25(27(38)24-9-7-18(2)34-29(24)37)31(41)36-26-16-21(28(32)39)8-10-23(26)20-5-4-6-22(15-20)35-30(40)19-11-13-33-14-12-19;1-25(2,3)33-24(32)29-12-10-16(11-13-29)23(31)28-19-7-5-6-17(14-19)20-9-8-18(15-21(20)26)22(30)27-4;1-3-14-6-9(12(16)17)10(15)8-5-4-7(2)13-11(8)14/h4-10,15-17,19,33H,3,11-14H2,1-2H3,(H2,32,39)(H,35,40)(H,36,41);5-9,14-16H,10-13,26H2,1-4H3,(H,27,30)(H,28,31);4-6H,3H2,1-2H3,(H,16,17). The largest absolute Gasteiger partial charge is 0.477 e. The van der Waals surface area contributed by atoms with Crippen LogP contribution in [0.1, 0.15) is 113 Å². The SMILES string of the molecule is CCn1cc(C(=O)Nc2cc(C(N)=O)ccc2-c2cccc(NC(=O)C3CCNCC3)c2)c(=O)c2ccc(C)nc21.CCn1cc(C(=O)O)c(=O)c2ccc(C)nc21.CNC(=O)c1ccc(-c2cccc(NC(=O)C3CCN(C(=O)OC(C)(C)C)CC3)c2)c(N)c1. The van der Waals surface area contributed by atoms with Crippen LogP contribution in [0.15, 0.2) is 131 Å². The number of rotatable bonds is 13. The summed E-state index contributed by atoms with van der Waals surface area (Å²) in [6, 6.07) is 31.3. The van der Waals surface area contributed by atoms with Crippen LogP contribution in [0.4, 0.5) is 27.5 Å². The minimum absolute atomic E-state index is 0.0329. The normalized spacial score (nSPS) is 13.4. The predicted octanol–water partition coefficient (Wildman–Crippen LogP) is 8.99. The Morgan fingerprint density at radius 1 is 0.637 bits per heavy atom. The summed E-state index contributed by atoms with van der Waals surface area (Å²) in [4.78, 5) is 122. The van der Waals surface area contributed by atoms with Crippen molar-refractivity contribution in [3.8, 4) is 22.3 Å². The highest BCUT2D eigenvalue weighted by Crippen LogP contribution is 2.33. The summed E-state index contributed by atoms with van der Waals surface area (Å²) in [6.07, 6.45) is 5.23. The van der Waals surface area contributed by atoms with E-state index >= 15 is 0 Å². The quantitative estimate of drug-likeness (QED) is 0.0499. The zero-order valence-electron chi connectivity index (χ0n) is 52.2. The minimum Gasteiger partial charge on any atom is -0.477 e. The third-order valence-electron chi connectivity index (χ3n) is 15.5. The Morgan fingerprint density at radius 2 is 1.14 bits per heavy atom. The van der Waals surface area contributed by atoms with Gasteiger partial charge in [-0.05, 0) is 171 Å². The topological polar surface area (TPSA) is 334 Å². The van der Waals surface area contributed by atoms with Gasteiger partial charge in [-0.2, -0.15) is 0 Å². The van der Waals surface area contributed by atoms with Crippen molar-refractivity contribution in [1.82, 2.24) is 34.6 Å². The number of nitrogens with two attached hydrogens (primary N) is 2. The van der Waals surface area contributed by atoms with Crippen molar-refractivity contribution in [2.24, 2.45) is 17.6 Å². The Balaban J connectivity index is 0.000000190. The lowest BCUT2D eigenvalue weighted by molar-refractivity contribution is -0.121. The number of pyridine rings is 4. The van der Waals surface area contributed by atoms with Crippen molar-refractivity contribution in [3.63, 3.8) is 0 Å². The van der Waals surface area contributed by atoms with Crippen LogP contribution in [0, 0.1) is 25.7 Å². The number of hydrogen-bond acceptors (Lipinski definition) is 14. The first-order valence-corrected chi connectivity index (χ1v) is 30.0. The molecule has 8 aromatic rings. The second-order valence-electron chi connectivity index (χ2n) is 23.1. The Bertz CT molecular complexity index is 4230. The molecule has 2 fully saturated rings. The molecule has 23 heteroatoms. The van der Waals surface area contributed by atoms with E-state index in [0.29, 0.717) is 101 Å². The van der Waals surface area contributed by atoms with Crippen LogP contribution in [-0.4, -0.2) is 110 Å². The van der Waals surface area contributed by atoms with Gasteiger partial charge in [-0.15, -0.1) is 0 Å². The van der Waals surface area contributed by atoms with E-state index in [-0.39, 0.29) is 52.3 Å². The zero-order valence-corrected chi connectivity index (χ0v) is 52.2. The first kappa shape index (κ1) is 66.4. The molecule has 474 valence electrons. The molecule has 0 bridgehead atoms. The van der Waals surface area contributed by atoms with Crippen LogP contribution >= 0.6 is 0 Å². The number of likely N-dealkylation sites (tertiary alicyclic amines) is 1. The van der Waals surface area contributed by atoms with Gasteiger partial charge in [0, 0.05) is 114 Å². The average Bonchev–Trinajstić information content (AvgIpc) is 0.896. The lowest BCUT2D eigenvalue weighted by atomic mass is 9.96. The highest BCUT2D eigenvalue weighted by molar-refractivity contribution is 6.09. The van der Waals surface area contributed by atoms with Gasteiger partial charge in [0.2, 0.25) is 28.6 Å². The summed E-state index contributed by atoms with van der Waals surface area (Å²) in [7, 11) is 1.57. The molecule has 0 atom stereocenters. The number of hydrogen-bond donors (Lipinski definition) is 8. The summed E-state index contributed by atoms with van der Waals surface area (Å²) in [5.74, 6) is -3.03. The van der Waals surface area contributed by atoms with Crippen LogP contribution in [-0.2, 0) is 27.4 Å². The van der Waals surface area contributed by atoms with E-state index in [1.165, 1.54) is 18.5 Å². The summed E-state index contributed by atoms with van der Waals surface area (Å²) >= 11 is 0. The Kier molecular flexibility index (Phi) is 21.3. The van der Waals surface area contributed by atoms with E-state index in [2.05, 4.69) is 36.6 Å². The third-order valence-corrected chi connectivity index (χ3v) is 15.5. The molecule has 10 N–H and O–H groups in total. The van der Waals surface area contributed by atoms with Gasteiger partial charge in [0.1, 0.15) is 28.0 Å². The molecule has 10 rings (SSSR count). The molecule has 4 aromatic heterocycles. The maximum atomic E-state index is 13.5. The number of carboxylic acids is 1. The third kappa shape index (κ3) is 16.4. The van der Waals surface area contributed by atoms with Crippen LogP contribution in [0.25, 0.3) is 44.3 Å².